The van der Waals surface area contributed by atoms with E-state index in [1.165, 1.54) is 0 Å². The van der Waals surface area contributed by atoms with Crippen LogP contribution in [-0.2, 0) is 15.8 Å². The molecule has 2 rings (SSSR count). The summed E-state index contributed by atoms with van der Waals surface area (Å²) in [5.41, 5.74) is 0.747. The van der Waals surface area contributed by atoms with E-state index in [0.717, 1.165) is 10.0 Å². The molecular weight excluding hydrogens is 330 g/mol. The molecule has 0 aromatic heterocycles. The summed E-state index contributed by atoms with van der Waals surface area (Å²) in [6.45, 7) is 0.0570. The van der Waals surface area contributed by atoms with Gasteiger partial charge in [-0.05, 0) is 24.1 Å². The molecule has 0 radical (unpaired) electrons. The average molecular weight is 346 g/mol. The van der Waals surface area contributed by atoms with E-state index < -0.39 is 10.0 Å². The Hall–Kier alpha value is -0.690. The molecule has 1 aromatic rings. The Morgan fingerprint density at radius 2 is 1.95 bits per heavy atom. The average Bonchev–Trinajstić information content (AvgIpc) is 2.78. The number of aliphatic hydroxyl groups is 1. The zero-order chi connectivity index (χ0) is 13.9. The van der Waals surface area contributed by atoms with Crippen LogP contribution in [-0.4, -0.2) is 26.2 Å². The van der Waals surface area contributed by atoms with E-state index in [1.54, 1.807) is 18.2 Å². The van der Waals surface area contributed by atoms with Gasteiger partial charge in [0.25, 0.3) is 0 Å². The summed E-state index contributed by atoms with van der Waals surface area (Å²) in [6.07, 6.45) is 4.28. The van der Waals surface area contributed by atoms with Crippen LogP contribution in [0.1, 0.15) is 12.0 Å². The van der Waals surface area contributed by atoms with Crippen molar-refractivity contribution in [2.75, 3.05) is 6.61 Å². The van der Waals surface area contributed by atoms with Gasteiger partial charge >= 0.3 is 0 Å². The maximum Gasteiger partial charge on any atom is 0.216 e. The fraction of sp³-hybridized carbons (Fsp3) is 0.385. The van der Waals surface area contributed by atoms with Gasteiger partial charge in [-0.15, -0.1) is 0 Å². The van der Waals surface area contributed by atoms with Gasteiger partial charge in [-0.2, -0.15) is 0 Å². The summed E-state index contributed by atoms with van der Waals surface area (Å²) in [5.74, 6) is 0.0226. The van der Waals surface area contributed by atoms with Crippen LogP contribution in [0.3, 0.4) is 0 Å². The van der Waals surface area contributed by atoms with Crippen molar-refractivity contribution in [3.8, 4) is 0 Å². The van der Waals surface area contributed by atoms with Crippen molar-refractivity contribution in [1.29, 1.82) is 0 Å². The molecule has 0 bridgehead atoms. The molecular formula is C13H16BrNO3S. The number of sulfonamides is 1. The molecule has 2 N–H and O–H groups in total. The summed E-state index contributed by atoms with van der Waals surface area (Å²) < 4.78 is 27.6. The minimum Gasteiger partial charge on any atom is -0.396 e. The molecule has 0 amide bonds. The molecule has 0 spiro atoms. The SMILES string of the molecule is O=S(=O)(Cc1ccc(Br)cc1)N[C@@H]1C=C[C@H](CO)C1. The summed E-state index contributed by atoms with van der Waals surface area (Å²) in [5, 5.41) is 9.01. The summed E-state index contributed by atoms with van der Waals surface area (Å²) >= 11 is 3.31. The molecule has 0 aliphatic heterocycles. The fourth-order valence-electron chi connectivity index (χ4n) is 2.07. The van der Waals surface area contributed by atoms with E-state index in [0.29, 0.717) is 6.42 Å². The third-order valence-electron chi connectivity index (χ3n) is 3.01. The Morgan fingerprint density at radius 3 is 2.53 bits per heavy atom. The van der Waals surface area contributed by atoms with Crippen molar-refractivity contribution in [2.24, 2.45) is 5.92 Å². The predicted molar refractivity (Wildman–Crippen MR) is 78.0 cm³/mol. The third-order valence-corrected chi connectivity index (χ3v) is 4.91. The Kier molecular flexibility index (Phi) is 4.78. The largest absolute Gasteiger partial charge is 0.396 e. The van der Waals surface area contributed by atoms with Gasteiger partial charge in [0.15, 0.2) is 0 Å². The van der Waals surface area contributed by atoms with Crippen molar-refractivity contribution in [3.63, 3.8) is 0 Å². The van der Waals surface area contributed by atoms with E-state index in [4.69, 9.17) is 5.11 Å². The summed E-state index contributed by atoms with van der Waals surface area (Å²) in [7, 11) is -3.36. The van der Waals surface area contributed by atoms with Crippen LogP contribution in [0.15, 0.2) is 40.9 Å². The molecule has 1 aromatic carbocycles. The fourth-order valence-corrected chi connectivity index (χ4v) is 3.68. The Bertz CT molecular complexity index is 554. The van der Waals surface area contributed by atoms with Crippen molar-refractivity contribution in [1.82, 2.24) is 4.72 Å². The lowest BCUT2D eigenvalue weighted by molar-refractivity contribution is 0.248. The highest BCUT2D eigenvalue weighted by Crippen LogP contribution is 2.19. The maximum atomic E-state index is 12.0. The first-order valence-electron chi connectivity index (χ1n) is 6.02. The van der Waals surface area contributed by atoms with Gasteiger partial charge in [-0.25, -0.2) is 13.1 Å². The second-order valence-corrected chi connectivity index (χ2v) is 7.34. The lowest BCUT2D eigenvalue weighted by atomic mass is 10.1. The number of aliphatic hydroxyl groups excluding tert-OH is 1. The van der Waals surface area contributed by atoms with Crippen LogP contribution in [0, 0.1) is 5.92 Å². The number of nitrogens with one attached hydrogen (secondary N) is 1. The molecule has 0 fully saturated rings. The summed E-state index contributed by atoms with van der Waals surface area (Å²) in [4.78, 5) is 0. The van der Waals surface area contributed by atoms with Crippen LogP contribution >= 0.6 is 15.9 Å². The predicted octanol–water partition coefficient (Wildman–Crippen LogP) is 1.81. The second kappa shape index (κ2) is 6.17. The first-order chi connectivity index (χ1) is 8.98. The highest BCUT2D eigenvalue weighted by molar-refractivity contribution is 9.10. The standard InChI is InChI=1S/C13H16BrNO3S/c14-12-4-1-10(2-5-12)9-19(17,18)15-13-6-3-11(7-13)8-16/h1-6,11,13,15-16H,7-9H2/t11-,13+/m0/s1. The van der Waals surface area contributed by atoms with Gasteiger partial charge in [0, 0.05) is 23.0 Å². The smallest absolute Gasteiger partial charge is 0.216 e. The van der Waals surface area contributed by atoms with Gasteiger partial charge in [-0.3, -0.25) is 0 Å². The van der Waals surface area contributed by atoms with Gasteiger partial charge in [-0.1, -0.05) is 40.2 Å². The van der Waals surface area contributed by atoms with Gasteiger partial charge in [0.2, 0.25) is 10.0 Å². The number of rotatable bonds is 5. The summed E-state index contributed by atoms with van der Waals surface area (Å²) in [6, 6.07) is 7.00. The highest BCUT2D eigenvalue weighted by Gasteiger charge is 2.23. The topological polar surface area (TPSA) is 66.4 Å². The zero-order valence-electron chi connectivity index (χ0n) is 10.3. The highest BCUT2D eigenvalue weighted by atomic mass is 79.9. The van der Waals surface area contributed by atoms with Crippen LogP contribution in [0.5, 0.6) is 0 Å². The van der Waals surface area contributed by atoms with Crippen molar-refractivity contribution in [3.05, 3.63) is 46.5 Å². The zero-order valence-corrected chi connectivity index (χ0v) is 12.7. The molecule has 19 heavy (non-hydrogen) atoms. The minimum atomic E-state index is -3.36. The second-order valence-electron chi connectivity index (χ2n) is 4.67. The van der Waals surface area contributed by atoms with E-state index in [9.17, 15) is 8.42 Å². The Morgan fingerprint density at radius 1 is 1.26 bits per heavy atom. The Balaban J connectivity index is 1.96. The van der Waals surface area contributed by atoms with E-state index in [-0.39, 0.29) is 24.3 Å². The van der Waals surface area contributed by atoms with Crippen molar-refractivity contribution >= 4 is 26.0 Å². The van der Waals surface area contributed by atoms with Crippen LogP contribution < -0.4 is 4.72 Å². The number of hydrogen-bond acceptors (Lipinski definition) is 3. The van der Waals surface area contributed by atoms with Crippen molar-refractivity contribution < 1.29 is 13.5 Å². The molecule has 0 unspecified atom stereocenters. The van der Waals surface area contributed by atoms with E-state index >= 15 is 0 Å². The monoisotopic (exact) mass is 345 g/mol. The molecule has 2 atom stereocenters. The number of halogens is 1. The van der Waals surface area contributed by atoms with Gasteiger partial charge in [0.05, 0.1) is 5.75 Å². The minimum absolute atomic E-state index is 0.0333. The van der Waals surface area contributed by atoms with Crippen LogP contribution in [0.2, 0.25) is 0 Å². The lowest BCUT2D eigenvalue weighted by Crippen LogP contribution is -2.33. The first-order valence-corrected chi connectivity index (χ1v) is 8.46. The molecule has 104 valence electrons. The van der Waals surface area contributed by atoms with E-state index in [2.05, 4.69) is 20.7 Å². The number of hydrogen-bond donors (Lipinski definition) is 2. The molecule has 1 aliphatic rings. The molecule has 0 saturated carbocycles. The lowest BCUT2D eigenvalue weighted by Gasteiger charge is -2.13. The third kappa shape index (κ3) is 4.42. The van der Waals surface area contributed by atoms with Gasteiger partial charge < -0.3 is 5.11 Å². The molecule has 6 heteroatoms. The maximum absolute atomic E-state index is 12.0. The molecule has 4 nitrogen and oxygen atoms in total. The number of benzene rings is 1. The molecule has 1 aliphatic carbocycles. The van der Waals surface area contributed by atoms with Crippen LogP contribution in [0.4, 0.5) is 0 Å². The van der Waals surface area contributed by atoms with Crippen LogP contribution in [0.25, 0.3) is 0 Å². The normalized spacial score (nSPS) is 22.8. The van der Waals surface area contributed by atoms with E-state index in [1.807, 2.05) is 18.2 Å². The molecule has 0 saturated heterocycles. The Labute approximate surface area is 121 Å². The first kappa shape index (κ1) is 14.7. The van der Waals surface area contributed by atoms with Gasteiger partial charge in [0.1, 0.15) is 0 Å². The molecule has 0 heterocycles. The van der Waals surface area contributed by atoms with Crippen molar-refractivity contribution in [2.45, 2.75) is 18.2 Å². The quantitative estimate of drug-likeness (QED) is 0.799.